The Labute approximate surface area is 226 Å². The number of aliphatic hydroxyl groups excluding tert-OH is 1. The molecule has 5 rings (SSSR count). The van der Waals surface area contributed by atoms with Crippen molar-refractivity contribution in [3.8, 4) is 0 Å². The van der Waals surface area contributed by atoms with Gasteiger partial charge in [0.2, 0.25) is 0 Å². The number of carbonyl (C=O) groups excluding carboxylic acids is 2. The number of hydroxylamine groups is 2. The first-order chi connectivity index (χ1) is 18.0. The van der Waals surface area contributed by atoms with Gasteiger partial charge in [-0.15, -0.1) is 0 Å². The topological polar surface area (TPSA) is 91.0 Å². The highest BCUT2D eigenvalue weighted by molar-refractivity contribution is 7.99. The van der Waals surface area contributed by atoms with Crippen molar-refractivity contribution in [2.24, 2.45) is 34.5 Å². The van der Waals surface area contributed by atoms with E-state index in [1.54, 1.807) is 19.3 Å². The van der Waals surface area contributed by atoms with Gasteiger partial charge >= 0.3 is 0 Å². The summed E-state index contributed by atoms with van der Waals surface area (Å²) in [6.07, 6.45) is 4.37. The summed E-state index contributed by atoms with van der Waals surface area (Å²) in [4.78, 5) is 25.7. The SMILES string of the molecule is CCSCC(=O)[C@H]1[C@H](CN(O)Cc2ccoc2)CC2[C@@H]3C[C@H](F)C4=CC(=O)C=C[C@]4(C)[C@@]3(F)[C@@H](O)C[C@@]21C. The number of carbonyl (C=O) groups is 2. The molecule has 0 bridgehead atoms. The molecule has 6 nitrogen and oxygen atoms in total. The first kappa shape index (κ1) is 27.7. The van der Waals surface area contributed by atoms with Crippen LogP contribution in [-0.4, -0.2) is 62.9 Å². The van der Waals surface area contributed by atoms with Gasteiger partial charge in [0.1, 0.15) is 12.0 Å². The van der Waals surface area contributed by atoms with E-state index in [0.29, 0.717) is 12.2 Å². The molecule has 38 heavy (non-hydrogen) atoms. The summed E-state index contributed by atoms with van der Waals surface area (Å²) in [6.45, 7) is 5.92. The molecule has 9 atom stereocenters. The van der Waals surface area contributed by atoms with Gasteiger partial charge in [-0.3, -0.25) is 9.59 Å². The van der Waals surface area contributed by atoms with Gasteiger partial charge in [0.15, 0.2) is 11.5 Å². The Hall–Kier alpha value is -1.81. The number of nitrogens with zero attached hydrogens (tertiary/aromatic N) is 1. The van der Waals surface area contributed by atoms with Crippen molar-refractivity contribution >= 4 is 23.3 Å². The van der Waals surface area contributed by atoms with Gasteiger partial charge < -0.3 is 14.7 Å². The van der Waals surface area contributed by atoms with Gasteiger partial charge in [-0.1, -0.05) is 19.9 Å². The predicted octanol–water partition coefficient (Wildman–Crippen LogP) is 4.95. The van der Waals surface area contributed by atoms with Crippen molar-refractivity contribution < 1.29 is 33.1 Å². The summed E-state index contributed by atoms with van der Waals surface area (Å²) >= 11 is 1.52. The number of hydrogen-bond acceptors (Lipinski definition) is 7. The second-order valence-electron chi connectivity index (χ2n) is 12.0. The van der Waals surface area contributed by atoms with Crippen molar-refractivity contribution in [3.05, 3.63) is 48.0 Å². The minimum atomic E-state index is -2.18. The van der Waals surface area contributed by atoms with Crippen molar-refractivity contribution in [1.82, 2.24) is 5.06 Å². The zero-order valence-corrected chi connectivity index (χ0v) is 22.9. The summed E-state index contributed by atoms with van der Waals surface area (Å²) in [5.74, 6) is -1.27. The number of aliphatic hydroxyl groups is 1. The van der Waals surface area contributed by atoms with Crippen molar-refractivity contribution in [3.63, 3.8) is 0 Å². The molecule has 0 amide bonds. The number of alkyl halides is 2. The van der Waals surface area contributed by atoms with Crippen LogP contribution in [0.1, 0.15) is 45.6 Å². The van der Waals surface area contributed by atoms with E-state index in [9.17, 15) is 19.9 Å². The average Bonchev–Trinajstić information content (AvgIpc) is 3.46. The Bertz CT molecular complexity index is 1140. The highest BCUT2D eigenvalue weighted by atomic mass is 32.2. The van der Waals surface area contributed by atoms with E-state index in [4.69, 9.17) is 4.42 Å². The van der Waals surface area contributed by atoms with E-state index in [2.05, 4.69) is 0 Å². The van der Waals surface area contributed by atoms with Crippen LogP contribution in [0.5, 0.6) is 0 Å². The summed E-state index contributed by atoms with van der Waals surface area (Å²) in [5, 5.41) is 23.5. The minimum absolute atomic E-state index is 0.0321. The largest absolute Gasteiger partial charge is 0.472 e. The van der Waals surface area contributed by atoms with E-state index in [0.717, 1.165) is 11.3 Å². The quantitative estimate of drug-likeness (QED) is 0.443. The first-order valence-corrected chi connectivity index (χ1v) is 14.6. The highest BCUT2D eigenvalue weighted by Crippen LogP contribution is 2.70. The molecular weight excluding hydrogens is 512 g/mol. The zero-order valence-electron chi connectivity index (χ0n) is 22.1. The van der Waals surface area contributed by atoms with Crippen molar-refractivity contribution in [2.75, 3.05) is 18.1 Å². The maximum absolute atomic E-state index is 17.4. The lowest BCUT2D eigenvalue weighted by atomic mass is 9.45. The molecule has 3 saturated carbocycles. The van der Waals surface area contributed by atoms with Gasteiger partial charge in [-0.05, 0) is 73.0 Å². The molecule has 9 heteroatoms. The Kier molecular flexibility index (Phi) is 7.29. The minimum Gasteiger partial charge on any atom is -0.472 e. The van der Waals surface area contributed by atoms with Gasteiger partial charge in [-0.25, -0.2) is 8.78 Å². The molecule has 1 heterocycles. The number of thioether (sulfide) groups is 1. The molecule has 1 aromatic heterocycles. The number of furan rings is 1. The third kappa shape index (κ3) is 4.16. The summed E-state index contributed by atoms with van der Waals surface area (Å²) < 4.78 is 38.2. The molecule has 0 saturated heterocycles. The Morgan fingerprint density at radius 2 is 2.05 bits per heavy atom. The molecule has 0 aliphatic heterocycles. The molecule has 0 spiro atoms. The van der Waals surface area contributed by atoms with E-state index >= 15 is 8.78 Å². The maximum atomic E-state index is 17.4. The lowest BCUT2D eigenvalue weighted by molar-refractivity contribution is -0.201. The van der Waals surface area contributed by atoms with Crippen LogP contribution in [-0.2, 0) is 16.1 Å². The second-order valence-corrected chi connectivity index (χ2v) is 13.3. The van der Waals surface area contributed by atoms with E-state index in [1.165, 1.54) is 41.3 Å². The Morgan fingerprint density at radius 1 is 1.29 bits per heavy atom. The number of allylic oxidation sites excluding steroid dienone is 4. The van der Waals surface area contributed by atoms with Crippen LogP contribution in [0.2, 0.25) is 0 Å². The standard InChI is InChI=1S/C29H37F2NO5S/c1-4-38-16-24(34)26-18(14-32(36)13-17-6-8-37-15-17)9-20-21-11-23(30)22-10-19(33)5-7-28(22,3)29(21,31)25(35)12-27(20,26)2/h5-8,10,15,18,20-21,23,25-26,35-36H,4,9,11-14,16H2,1-3H3/t18-,20?,21-,23-,25-,26+,27-,28-,29-/m0/s1. The summed E-state index contributed by atoms with van der Waals surface area (Å²) in [6, 6.07) is 1.75. The lowest BCUT2D eigenvalue weighted by Gasteiger charge is -2.62. The smallest absolute Gasteiger partial charge is 0.178 e. The Morgan fingerprint density at radius 3 is 2.74 bits per heavy atom. The third-order valence-corrected chi connectivity index (χ3v) is 10.9. The number of hydrogen-bond donors (Lipinski definition) is 2. The summed E-state index contributed by atoms with van der Waals surface area (Å²) in [7, 11) is 0. The fourth-order valence-corrected chi connectivity index (χ4v) is 9.00. The lowest BCUT2D eigenvalue weighted by Crippen LogP contribution is -2.68. The van der Waals surface area contributed by atoms with Crippen LogP contribution in [0.25, 0.3) is 0 Å². The first-order valence-electron chi connectivity index (χ1n) is 13.5. The molecule has 1 unspecified atom stereocenters. The molecule has 3 fully saturated rings. The van der Waals surface area contributed by atoms with Crippen LogP contribution in [0.3, 0.4) is 0 Å². The monoisotopic (exact) mass is 549 g/mol. The fourth-order valence-electron chi connectivity index (χ4n) is 8.42. The number of fused-ring (bicyclic) bond motifs is 5. The summed E-state index contributed by atoms with van der Waals surface area (Å²) in [5.41, 5.74) is -3.51. The normalized spacial score (nSPS) is 42.0. The number of Topliss-reactive ketones (excluding diaryl/α,β-unsaturated/α-hetero) is 1. The average molecular weight is 550 g/mol. The molecule has 4 aliphatic carbocycles. The zero-order chi connectivity index (χ0) is 27.5. The van der Waals surface area contributed by atoms with Crippen LogP contribution in [0.4, 0.5) is 8.78 Å². The van der Waals surface area contributed by atoms with E-state index in [1.807, 2.05) is 13.8 Å². The highest BCUT2D eigenvalue weighted by Gasteiger charge is 2.73. The number of rotatable bonds is 8. The van der Waals surface area contributed by atoms with Crippen LogP contribution in [0, 0.1) is 34.5 Å². The molecule has 0 aromatic carbocycles. The van der Waals surface area contributed by atoms with Gasteiger partial charge in [0.05, 0.1) is 30.9 Å². The van der Waals surface area contributed by atoms with Crippen LogP contribution < -0.4 is 0 Å². The number of ketones is 2. The van der Waals surface area contributed by atoms with Gasteiger partial charge in [0.25, 0.3) is 0 Å². The molecule has 2 N–H and O–H groups in total. The van der Waals surface area contributed by atoms with Crippen LogP contribution >= 0.6 is 11.8 Å². The van der Waals surface area contributed by atoms with Crippen molar-refractivity contribution in [2.45, 2.75) is 64.5 Å². The predicted molar refractivity (Wildman–Crippen MR) is 140 cm³/mol. The fraction of sp³-hybridized carbons (Fsp3) is 0.655. The van der Waals surface area contributed by atoms with Gasteiger partial charge in [0, 0.05) is 29.4 Å². The molecule has 0 radical (unpaired) electrons. The maximum Gasteiger partial charge on any atom is 0.178 e. The van der Waals surface area contributed by atoms with E-state index in [-0.39, 0.29) is 54.9 Å². The Balaban J connectivity index is 1.51. The van der Waals surface area contributed by atoms with E-state index < -0.39 is 40.6 Å². The molecule has 4 aliphatic rings. The van der Waals surface area contributed by atoms with Crippen LogP contribution in [0.15, 0.2) is 46.8 Å². The van der Waals surface area contributed by atoms with Crippen molar-refractivity contribution in [1.29, 1.82) is 0 Å². The molecule has 1 aromatic rings. The molecule has 208 valence electrons. The number of halogens is 2. The third-order valence-electron chi connectivity index (χ3n) is 9.99. The molecular formula is C29H37F2NO5S. The second kappa shape index (κ2) is 9.98. The van der Waals surface area contributed by atoms with Gasteiger partial charge in [-0.2, -0.15) is 16.8 Å².